The number of carbonyl (C=O) groups excluding carboxylic acids is 1. The maximum Gasteiger partial charge on any atom is 0.252 e. The van der Waals surface area contributed by atoms with Gasteiger partial charge in [0, 0.05) is 6.92 Å². The second kappa shape index (κ2) is 3.07. The Labute approximate surface area is 57.5 Å². The van der Waals surface area contributed by atoms with Gasteiger partial charge in [-0.1, -0.05) is 0 Å². The zero-order valence-electron chi connectivity index (χ0n) is 5.48. The number of carbonyl (C=O) groups is 1. The van der Waals surface area contributed by atoms with Crippen LogP contribution in [0, 0.1) is 0 Å². The summed E-state index contributed by atoms with van der Waals surface area (Å²) in [7, 11) is 0. The number of rotatable bonds is 3. The van der Waals surface area contributed by atoms with Gasteiger partial charge in [0.1, 0.15) is 6.10 Å². The van der Waals surface area contributed by atoms with E-state index in [2.05, 4.69) is 0 Å². The molecule has 0 saturated heterocycles. The molecule has 60 valence electrons. The largest absolute Gasteiger partial charge is 0.393 e. The molecule has 0 fully saturated rings. The van der Waals surface area contributed by atoms with Crippen molar-refractivity contribution in [2.45, 2.75) is 18.8 Å². The van der Waals surface area contributed by atoms with Gasteiger partial charge in [0.05, 0.1) is 6.61 Å². The predicted octanol–water partition coefficient (Wildman–Crippen LogP) is -2.39. The molecule has 0 saturated carbocycles. The van der Waals surface area contributed by atoms with Crippen molar-refractivity contribution in [2.24, 2.45) is 0 Å². The molecular formula is C5H10O5. The Morgan fingerprint density at radius 3 is 2.10 bits per heavy atom. The molecule has 5 nitrogen and oxygen atoms in total. The first kappa shape index (κ1) is 9.51. The summed E-state index contributed by atoms with van der Waals surface area (Å²) in [5.74, 6) is -3.83. The Morgan fingerprint density at radius 2 is 2.00 bits per heavy atom. The van der Waals surface area contributed by atoms with Crippen molar-refractivity contribution in [3.05, 3.63) is 0 Å². The molecule has 0 aromatic rings. The molecule has 10 heavy (non-hydrogen) atoms. The normalized spacial score (nSPS) is 14.9. The number of aliphatic hydroxyl groups excluding tert-OH is 2. The first-order valence-corrected chi connectivity index (χ1v) is 2.67. The number of hydrogen-bond acceptors (Lipinski definition) is 5. The Bertz CT molecular complexity index is 130. The van der Waals surface area contributed by atoms with Gasteiger partial charge in [-0.25, -0.2) is 0 Å². The molecule has 0 amide bonds. The summed E-state index contributed by atoms with van der Waals surface area (Å²) in [4.78, 5) is 10.3. The van der Waals surface area contributed by atoms with Crippen LogP contribution in [-0.2, 0) is 4.79 Å². The lowest BCUT2D eigenvalue weighted by Crippen LogP contribution is -2.50. The highest BCUT2D eigenvalue weighted by Crippen LogP contribution is 2.06. The third-order valence-electron chi connectivity index (χ3n) is 1.16. The van der Waals surface area contributed by atoms with E-state index < -0.39 is 24.3 Å². The minimum absolute atomic E-state index is 0.868. The topological polar surface area (TPSA) is 98.0 Å². The predicted molar refractivity (Wildman–Crippen MR) is 30.9 cm³/mol. The summed E-state index contributed by atoms with van der Waals surface area (Å²) in [6.07, 6.45) is -1.84. The maximum absolute atomic E-state index is 10.3. The molecule has 5 heteroatoms. The van der Waals surface area contributed by atoms with Gasteiger partial charge < -0.3 is 20.4 Å². The van der Waals surface area contributed by atoms with E-state index in [1.54, 1.807) is 0 Å². The molecule has 4 N–H and O–H groups in total. The van der Waals surface area contributed by atoms with Gasteiger partial charge >= 0.3 is 0 Å². The van der Waals surface area contributed by atoms with Crippen LogP contribution in [0.3, 0.4) is 0 Å². The quantitative estimate of drug-likeness (QED) is 0.336. The lowest BCUT2D eigenvalue weighted by Gasteiger charge is -2.22. The van der Waals surface area contributed by atoms with Crippen LogP contribution in [0.2, 0.25) is 0 Å². The Hall–Kier alpha value is -0.490. The molecule has 1 atom stereocenters. The Kier molecular flexibility index (Phi) is 2.92. The molecule has 0 heterocycles. The zero-order valence-corrected chi connectivity index (χ0v) is 5.48. The fraction of sp³-hybridized carbons (Fsp3) is 0.800. The maximum atomic E-state index is 10.3. The summed E-state index contributed by atoms with van der Waals surface area (Å²) < 4.78 is 0. The highest BCUT2D eigenvalue weighted by Gasteiger charge is 2.37. The van der Waals surface area contributed by atoms with Gasteiger partial charge in [-0.05, 0) is 0 Å². The monoisotopic (exact) mass is 150 g/mol. The van der Waals surface area contributed by atoms with Crippen LogP contribution in [-0.4, -0.2) is 44.7 Å². The molecule has 0 radical (unpaired) electrons. The van der Waals surface area contributed by atoms with Crippen LogP contribution in [0.25, 0.3) is 0 Å². The fourth-order valence-corrected chi connectivity index (χ4v) is 0.362. The van der Waals surface area contributed by atoms with E-state index in [4.69, 9.17) is 20.4 Å². The van der Waals surface area contributed by atoms with Gasteiger partial charge in [-0.2, -0.15) is 0 Å². The fourth-order valence-electron chi connectivity index (χ4n) is 0.362. The van der Waals surface area contributed by atoms with Gasteiger partial charge in [-0.15, -0.1) is 0 Å². The lowest BCUT2D eigenvalue weighted by molar-refractivity contribution is -0.223. The average Bonchev–Trinajstić information content (AvgIpc) is 1.86. The second-order valence-electron chi connectivity index (χ2n) is 1.98. The van der Waals surface area contributed by atoms with Gasteiger partial charge in [0.25, 0.3) is 5.79 Å². The van der Waals surface area contributed by atoms with E-state index in [9.17, 15) is 4.79 Å². The third kappa shape index (κ3) is 1.74. The van der Waals surface area contributed by atoms with Crippen molar-refractivity contribution in [3.8, 4) is 0 Å². The van der Waals surface area contributed by atoms with E-state index in [-0.39, 0.29) is 0 Å². The van der Waals surface area contributed by atoms with Crippen molar-refractivity contribution in [1.29, 1.82) is 0 Å². The molecular weight excluding hydrogens is 140 g/mol. The first-order valence-electron chi connectivity index (χ1n) is 2.67. The average molecular weight is 150 g/mol. The van der Waals surface area contributed by atoms with Crippen LogP contribution in [0.5, 0.6) is 0 Å². The number of Topliss-reactive ketones (excluding diaryl/α,β-unsaturated/α-hetero) is 1. The molecule has 1 unspecified atom stereocenters. The molecule has 0 aliphatic carbocycles. The molecule has 0 aliphatic rings. The summed E-state index contributed by atoms with van der Waals surface area (Å²) in [6, 6.07) is 0. The summed E-state index contributed by atoms with van der Waals surface area (Å²) in [6.45, 7) is 0.0332. The molecule has 0 rings (SSSR count). The van der Waals surface area contributed by atoms with E-state index in [1.165, 1.54) is 0 Å². The van der Waals surface area contributed by atoms with Gasteiger partial charge in [0.2, 0.25) is 0 Å². The van der Waals surface area contributed by atoms with Gasteiger partial charge in [0.15, 0.2) is 5.78 Å². The smallest absolute Gasteiger partial charge is 0.252 e. The second-order valence-corrected chi connectivity index (χ2v) is 1.98. The third-order valence-corrected chi connectivity index (χ3v) is 1.16. The molecule has 0 aromatic carbocycles. The summed E-state index contributed by atoms with van der Waals surface area (Å²) in [5, 5.41) is 34.1. The number of ketones is 1. The van der Waals surface area contributed by atoms with Crippen molar-refractivity contribution in [3.63, 3.8) is 0 Å². The highest BCUT2D eigenvalue weighted by atomic mass is 16.5. The minimum atomic E-state index is -2.82. The van der Waals surface area contributed by atoms with E-state index >= 15 is 0 Å². The van der Waals surface area contributed by atoms with E-state index in [0.717, 1.165) is 6.92 Å². The lowest BCUT2D eigenvalue weighted by atomic mass is 10.1. The van der Waals surface area contributed by atoms with Crippen molar-refractivity contribution in [2.75, 3.05) is 6.61 Å². The Morgan fingerprint density at radius 1 is 1.60 bits per heavy atom. The molecule has 0 spiro atoms. The SMILES string of the molecule is CC(=O)C(O)(O)C(O)CO. The van der Waals surface area contributed by atoms with E-state index in [0.29, 0.717) is 0 Å². The van der Waals surface area contributed by atoms with Crippen molar-refractivity contribution >= 4 is 5.78 Å². The molecule has 0 aromatic heterocycles. The van der Waals surface area contributed by atoms with Crippen molar-refractivity contribution in [1.82, 2.24) is 0 Å². The van der Waals surface area contributed by atoms with Gasteiger partial charge in [-0.3, -0.25) is 4.79 Å². The van der Waals surface area contributed by atoms with Crippen LogP contribution in [0.1, 0.15) is 6.92 Å². The van der Waals surface area contributed by atoms with Crippen LogP contribution in [0.15, 0.2) is 0 Å². The molecule has 0 bridgehead atoms. The highest BCUT2D eigenvalue weighted by molar-refractivity contribution is 5.83. The van der Waals surface area contributed by atoms with Crippen LogP contribution < -0.4 is 0 Å². The molecule has 0 aliphatic heterocycles. The van der Waals surface area contributed by atoms with Crippen LogP contribution in [0.4, 0.5) is 0 Å². The minimum Gasteiger partial charge on any atom is -0.393 e. The zero-order chi connectivity index (χ0) is 8.36. The Balaban J connectivity index is 4.23. The number of hydrogen-bond donors (Lipinski definition) is 4. The first-order chi connectivity index (χ1) is 4.42. The standard InChI is InChI=1S/C5H10O5/c1-3(7)5(9,10)4(8)2-6/h4,6,8-10H,2H2,1H3. The number of aliphatic hydroxyl groups is 4. The summed E-state index contributed by atoms with van der Waals surface area (Å²) >= 11 is 0. The van der Waals surface area contributed by atoms with Crippen molar-refractivity contribution < 1.29 is 25.2 Å². The van der Waals surface area contributed by atoms with E-state index in [1.807, 2.05) is 0 Å². The van der Waals surface area contributed by atoms with Crippen LogP contribution >= 0.6 is 0 Å². The summed E-state index contributed by atoms with van der Waals surface area (Å²) in [5.41, 5.74) is 0.